The summed E-state index contributed by atoms with van der Waals surface area (Å²) in [6, 6.07) is 43.4. The molecule has 1 spiro atoms. The van der Waals surface area contributed by atoms with E-state index in [1.165, 1.54) is 89.7 Å². The molecule has 2 nitrogen and oxygen atoms in total. The van der Waals surface area contributed by atoms with Gasteiger partial charge in [0.1, 0.15) is 11.5 Å². The normalized spacial score (nSPS) is 27.6. The molecule has 4 fully saturated rings. The molecule has 0 atom stereocenters. The summed E-state index contributed by atoms with van der Waals surface area (Å²) < 4.78 is 7.16. The molecule has 5 aliphatic carbocycles. The van der Waals surface area contributed by atoms with Crippen molar-refractivity contribution in [3.05, 3.63) is 138 Å². The van der Waals surface area contributed by atoms with Gasteiger partial charge in [-0.15, -0.1) is 0 Å². The maximum Gasteiger partial charge on any atom is 0.134 e. The van der Waals surface area contributed by atoms with E-state index in [9.17, 15) is 0 Å². The smallest absolute Gasteiger partial charge is 0.134 e. The minimum Gasteiger partial charge on any atom is -0.457 e. The van der Waals surface area contributed by atoms with Crippen LogP contribution in [-0.2, 0) is 16.2 Å². The van der Waals surface area contributed by atoms with Crippen LogP contribution in [0.15, 0.2) is 115 Å². The molecule has 1 aliphatic heterocycles. The van der Waals surface area contributed by atoms with Crippen LogP contribution < -0.4 is 9.64 Å². The molecule has 0 N–H and O–H groups in total. The third kappa shape index (κ3) is 4.39. The Morgan fingerprint density at radius 2 is 1.14 bits per heavy atom. The highest BCUT2D eigenvalue weighted by molar-refractivity contribution is 5.86. The maximum atomic E-state index is 7.16. The highest BCUT2D eigenvalue weighted by Crippen LogP contribution is 2.70. The molecule has 0 radical (unpaired) electrons. The number of para-hydroxylation sites is 2. The van der Waals surface area contributed by atoms with E-state index in [-0.39, 0.29) is 16.2 Å². The Morgan fingerprint density at radius 1 is 0.520 bits per heavy atom. The van der Waals surface area contributed by atoms with Crippen molar-refractivity contribution in [2.75, 3.05) is 4.90 Å². The summed E-state index contributed by atoms with van der Waals surface area (Å²) in [5.41, 5.74) is 12.3. The molecule has 4 saturated carbocycles. The van der Waals surface area contributed by atoms with Crippen LogP contribution in [0.25, 0.3) is 11.1 Å². The molecule has 0 unspecified atom stereocenters. The molecule has 0 saturated heterocycles. The fraction of sp³-hybridized carbons (Fsp3) is 0.375. The number of anilines is 3. The Kier molecular flexibility index (Phi) is 6.62. The topological polar surface area (TPSA) is 12.5 Å². The number of benzene rings is 5. The summed E-state index contributed by atoms with van der Waals surface area (Å²) in [5, 5.41) is 0. The lowest BCUT2D eigenvalue weighted by atomic mass is 9.41. The van der Waals surface area contributed by atoms with Gasteiger partial charge in [-0.05, 0) is 138 Å². The van der Waals surface area contributed by atoms with E-state index in [4.69, 9.17) is 4.74 Å². The van der Waals surface area contributed by atoms with Crippen LogP contribution in [0.1, 0.15) is 94.9 Å². The van der Waals surface area contributed by atoms with Crippen molar-refractivity contribution < 1.29 is 4.74 Å². The van der Waals surface area contributed by atoms with Crippen molar-refractivity contribution in [2.45, 2.75) is 88.9 Å². The maximum absolute atomic E-state index is 7.16. The standard InChI is InChI=1S/C48H49NO/c1-46(2)21-22-47(3,4)42-29-37(19-20-40(42)46)49(36-15-9-6-10-16-36)38-28-39(33-13-7-5-8-14-33)45-44(30-38)50-43-18-12-11-17-41(43)48(45)34-24-31-23-32(26-34)27-35(48)25-31/h5-20,28-32,34-35H,21-27H2,1-4H3. The van der Waals surface area contributed by atoms with Gasteiger partial charge in [0.05, 0.1) is 5.69 Å². The molecule has 5 aromatic carbocycles. The average Bonchev–Trinajstić information content (AvgIpc) is 3.12. The molecule has 252 valence electrons. The van der Waals surface area contributed by atoms with E-state index in [0.717, 1.165) is 29.0 Å². The number of fused-ring (bicyclic) bond motifs is 3. The lowest BCUT2D eigenvalue weighted by Crippen LogP contribution is -2.57. The molecule has 6 aliphatic rings. The third-order valence-corrected chi connectivity index (χ3v) is 13.9. The first kappa shape index (κ1) is 30.5. The highest BCUT2D eigenvalue weighted by atomic mass is 16.5. The Labute approximate surface area is 298 Å². The minimum absolute atomic E-state index is 0.0275. The van der Waals surface area contributed by atoms with Gasteiger partial charge in [-0.3, -0.25) is 0 Å². The van der Waals surface area contributed by atoms with Gasteiger partial charge in [0.25, 0.3) is 0 Å². The van der Waals surface area contributed by atoms with Gasteiger partial charge < -0.3 is 9.64 Å². The first-order valence-electron chi connectivity index (χ1n) is 19.2. The molecule has 0 aromatic heterocycles. The van der Waals surface area contributed by atoms with E-state index in [1.54, 1.807) is 0 Å². The number of hydrogen-bond donors (Lipinski definition) is 0. The molecule has 1 heterocycles. The molecule has 11 rings (SSSR count). The van der Waals surface area contributed by atoms with Crippen LogP contribution in [0.4, 0.5) is 17.1 Å². The second kappa shape index (κ2) is 10.8. The quantitative estimate of drug-likeness (QED) is 0.191. The summed E-state index contributed by atoms with van der Waals surface area (Å²) in [6.45, 7) is 9.69. The van der Waals surface area contributed by atoms with Crippen LogP contribution in [0.2, 0.25) is 0 Å². The van der Waals surface area contributed by atoms with Crippen molar-refractivity contribution in [2.24, 2.45) is 23.7 Å². The predicted octanol–water partition coefficient (Wildman–Crippen LogP) is 13.0. The molecule has 4 bridgehead atoms. The van der Waals surface area contributed by atoms with Crippen molar-refractivity contribution >= 4 is 17.1 Å². The zero-order valence-corrected chi connectivity index (χ0v) is 30.1. The van der Waals surface area contributed by atoms with Crippen LogP contribution >= 0.6 is 0 Å². The zero-order chi connectivity index (χ0) is 33.8. The van der Waals surface area contributed by atoms with Gasteiger partial charge in [-0.25, -0.2) is 0 Å². The lowest BCUT2D eigenvalue weighted by Gasteiger charge is -2.63. The zero-order valence-electron chi connectivity index (χ0n) is 30.1. The predicted molar refractivity (Wildman–Crippen MR) is 206 cm³/mol. The molecule has 2 heteroatoms. The van der Waals surface area contributed by atoms with E-state index in [0.29, 0.717) is 11.8 Å². The van der Waals surface area contributed by atoms with Crippen LogP contribution in [0.5, 0.6) is 11.5 Å². The van der Waals surface area contributed by atoms with E-state index in [1.807, 2.05) is 0 Å². The summed E-state index contributed by atoms with van der Waals surface area (Å²) in [6.07, 6.45) is 9.21. The number of ether oxygens (including phenoxy) is 1. The van der Waals surface area contributed by atoms with Crippen LogP contribution in [0.3, 0.4) is 0 Å². The largest absolute Gasteiger partial charge is 0.457 e. The summed E-state index contributed by atoms with van der Waals surface area (Å²) in [4.78, 5) is 2.48. The highest BCUT2D eigenvalue weighted by Gasteiger charge is 2.62. The average molecular weight is 656 g/mol. The monoisotopic (exact) mass is 655 g/mol. The van der Waals surface area contributed by atoms with Crippen molar-refractivity contribution in [3.8, 4) is 22.6 Å². The third-order valence-electron chi connectivity index (χ3n) is 13.9. The van der Waals surface area contributed by atoms with Crippen molar-refractivity contribution in [1.82, 2.24) is 0 Å². The number of rotatable bonds is 4. The summed E-state index contributed by atoms with van der Waals surface area (Å²) in [7, 11) is 0. The molecule has 50 heavy (non-hydrogen) atoms. The van der Waals surface area contributed by atoms with Crippen LogP contribution in [-0.4, -0.2) is 0 Å². The Balaban J connectivity index is 1.24. The van der Waals surface area contributed by atoms with Gasteiger partial charge in [0, 0.05) is 34.0 Å². The van der Waals surface area contributed by atoms with Crippen LogP contribution in [0, 0.1) is 23.7 Å². The first-order valence-corrected chi connectivity index (χ1v) is 19.2. The van der Waals surface area contributed by atoms with Crippen molar-refractivity contribution in [3.63, 3.8) is 0 Å². The van der Waals surface area contributed by atoms with E-state index < -0.39 is 0 Å². The van der Waals surface area contributed by atoms with Gasteiger partial charge in [-0.1, -0.05) is 100 Å². The number of hydrogen-bond acceptors (Lipinski definition) is 2. The lowest BCUT2D eigenvalue weighted by molar-refractivity contribution is -0.0449. The first-order chi connectivity index (χ1) is 24.2. The summed E-state index contributed by atoms with van der Waals surface area (Å²) >= 11 is 0. The molecule has 0 amide bonds. The SMILES string of the molecule is CC1(C)CCC(C)(C)c2cc(N(c3ccccc3)c3cc4c(c(-c5ccccc5)c3)C3(c5ccccc5O4)C4CC5CC(C4)CC3C5)ccc21. The Hall–Kier alpha value is -4.30. The van der Waals surface area contributed by atoms with Gasteiger partial charge >= 0.3 is 0 Å². The number of nitrogens with zero attached hydrogens (tertiary/aromatic N) is 1. The van der Waals surface area contributed by atoms with Gasteiger partial charge in [0.2, 0.25) is 0 Å². The second-order valence-corrected chi connectivity index (χ2v) is 17.7. The second-order valence-electron chi connectivity index (χ2n) is 17.7. The fourth-order valence-electron chi connectivity index (χ4n) is 11.7. The molecule has 5 aromatic rings. The molecular formula is C48H49NO. The van der Waals surface area contributed by atoms with E-state index >= 15 is 0 Å². The Morgan fingerprint density at radius 3 is 1.84 bits per heavy atom. The van der Waals surface area contributed by atoms with E-state index in [2.05, 4.69) is 148 Å². The minimum atomic E-state index is -0.0275. The van der Waals surface area contributed by atoms with Gasteiger partial charge in [-0.2, -0.15) is 0 Å². The van der Waals surface area contributed by atoms with Crippen molar-refractivity contribution in [1.29, 1.82) is 0 Å². The Bertz CT molecular complexity index is 2080. The van der Waals surface area contributed by atoms with Gasteiger partial charge in [0.15, 0.2) is 0 Å². The summed E-state index contributed by atoms with van der Waals surface area (Å²) in [5.74, 6) is 5.17. The fourth-order valence-corrected chi connectivity index (χ4v) is 11.7. The molecular weight excluding hydrogens is 607 g/mol.